The molecule has 0 saturated heterocycles. The van der Waals surface area contributed by atoms with Crippen molar-refractivity contribution in [1.29, 1.82) is 0 Å². The Kier molecular flexibility index (Phi) is 4.00. The van der Waals surface area contributed by atoms with Crippen LogP contribution in [0.3, 0.4) is 0 Å². The smallest absolute Gasteiger partial charge is 0.339 e. The molecule has 2 aromatic carbocycles. The van der Waals surface area contributed by atoms with E-state index in [2.05, 4.69) is 5.32 Å². The minimum atomic E-state index is -1.29. The van der Waals surface area contributed by atoms with E-state index >= 15 is 0 Å². The number of halogens is 1. The predicted octanol–water partition coefficient (Wildman–Crippen LogP) is 2.58. The van der Waals surface area contributed by atoms with Crippen LogP contribution in [0.2, 0.25) is 5.02 Å². The monoisotopic (exact) mass is 306 g/mol. The summed E-state index contributed by atoms with van der Waals surface area (Å²) in [5, 5.41) is 21.1. The van der Waals surface area contributed by atoms with Gasteiger partial charge in [-0.3, -0.25) is 4.79 Å². The highest BCUT2D eigenvalue weighted by Gasteiger charge is 2.13. The fourth-order valence-corrected chi connectivity index (χ4v) is 1.84. The van der Waals surface area contributed by atoms with Gasteiger partial charge in [-0.2, -0.15) is 0 Å². The number of rotatable bonds is 3. The number of anilines is 2. The molecule has 0 aliphatic carbocycles. The average molecular weight is 307 g/mol. The lowest BCUT2D eigenvalue weighted by atomic mass is 10.1. The number of amides is 1. The summed E-state index contributed by atoms with van der Waals surface area (Å²) in [6.45, 7) is 0. The first kappa shape index (κ1) is 14.7. The van der Waals surface area contributed by atoms with Crippen LogP contribution in [0.4, 0.5) is 11.4 Å². The summed E-state index contributed by atoms with van der Waals surface area (Å²) < 4.78 is 0. The summed E-state index contributed by atoms with van der Waals surface area (Å²) in [5.74, 6) is -2.14. The van der Waals surface area contributed by atoms with Crippen molar-refractivity contribution in [2.24, 2.45) is 0 Å². The molecule has 1 amide bonds. The van der Waals surface area contributed by atoms with E-state index in [9.17, 15) is 14.7 Å². The number of carboxylic acid groups (broad SMARTS) is 1. The normalized spacial score (nSPS) is 10.1. The zero-order chi connectivity index (χ0) is 15.6. The first-order chi connectivity index (χ1) is 9.88. The fraction of sp³-hybridized carbons (Fsp3) is 0. The Morgan fingerprint density at radius 2 is 1.86 bits per heavy atom. The SMILES string of the molecule is Nc1ccc(C(=O)Nc2ccc(O)c(C(=O)O)c2)cc1Cl. The number of phenols is 1. The van der Waals surface area contributed by atoms with E-state index in [0.717, 1.165) is 6.07 Å². The first-order valence-corrected chi connectivity index (χ1v) is 6.19. The quantitative estimate of drug-likeness (QED) is 0.514. The van der Waals surface area contributed by atoms with E-state index in [0.29, 0.717) is 5.69 Å². The maximum atomic E-state index is 12.0. The summed E-state index contributed by atoms with van der Waals surface area (Å²) in [6.07, 6.45) is 0. The predicted molar refractivity (Wildman–Crippen MR) is 78.9 cm³/mol. The molecule has 0 fully saturated rings. The third-order valence-electron chi connectivity index (χ3n) is 2.75. The van der Waals surface area contributed by atoms with Gasteiger partial charge in [-0.1, -0.05) is 11.6 Å². The van der Waals surface area contributed by atoms with Gasteiger partial charge in [0.25, 0.3) is 5.91 Å². The first-order valence-electron chi connectivity index (χ1n) is 5.81. The van der Waals surface area contributed by atoms with Gasteiger partial charge in [0.15, 0.2) is 0 Å². The van der Waals surface area contributed by atoms with Gasteiger partial charge in [-0.25, -0.2) is 4.79 Å². The van der Waals surface area contributed by atoms with Crippen LogP contribution in [0, 0.1) is 0 Å². The van der Waals surface area contributed by atoms with Crippen molar-refractivity contribution in [3.8, 4) is 5.75 Å². The van der Waals surface area contributed by atoms with Crippen molar-refractivity contribution in [3.05, 3.63) is 52.5 Å². The van der Waals surface area contributed by atoms with Gasteiger partial charge in [0.1, 0.15) is 11.3 Å². The highest BCUT2D eigenvalue weighted by atomic mass is 35.5. The molecule has 0 aliphatic rings. The number of aromatic hydroxyl groups is 1. The molecule has 0 spiro atoms. The van der Waals surface area contributed by atoms with Crippen LogP contribution in [-0.4, -0.2) is 22.1 Å². The number of nitrogen functional groups attached to an aromatic ring is 1. The number of carbonyl (C=O) groups excluding carboxylic acids is 1. The van der Waals surface area contributed by atoms with E-state index in [1.54, 1.807) is 0 Å². The highest BCUT2D eigenvalue weighted by molar-refractivity contribution is 6.33. The van der Waals surface area contributed by atoms with Crippen LogP contribution in [0.1, 0.15) is 20.7 Å². The topological polar surface area (TPSA) is 113 Å². The molecule has 0 aliphatic heterocycles. The van der Waals surface area contributed by atoms with Gasteiger partial charge in [0.2, 0.25) is 0 Å². The van der Waals surface area contributed by atoms with Crippen LogP contribution in [0.15, 0.2) is 36.4 Å². The molecular weight excluding hydrogens is 296 g/mol. The summed E-state index contributed by atoms with van der Waals surface area (Å²) in [7, 11) is 0. The summed E-state index contributed by atoms with van der Waals surface area (Å²) in [6, 6.07) is 8.14. The minimum absolute atomic E-state index is 0.239. The van der Waals surface area contributed by atoms with E-state index < -0.39 is 11.9 Å². The summed E-state index contributed by atoms with van der Waals surface area (Å²) in [4.78, 5) is 22.9. The molecule has 6 nitrogen and oxygen atoms in total. The fourth-order valence-electron chi connectivity index (χ4n) is 1.66. The minimum Gasteiger partial charge on any atom is -0.507 e. The second-order valence-corrected chi connectivity index (χ2v) is 4.63. The number of hydrogen-bond donors (Lipinski definition) is 4. The molecule has 7 heteroatoms. The van der Waals surface area contributed by atoms with Crippen molar-refractivity contribution in [1.82, 2.24) is 0 Å². The lowest BCUT2D eigenvalue weighted by molar-refractivity contribution is 0.0693. The Bertz CT molecular complexity index is 731. The summed E-state index contributed by atoms with van der Waals surface area (Å²) in [5.41, 5.74) is 6.12. The van der Waals surface area contributed by atoms with Gasteiger partial charge < -0.3 is 21.3 Å². The maximum absolute atomic E-state index is 12.0. The van der Waals surface area contributed by atoms with Crippen molar-refractivity contribution >= 4 is 34.9 Å². The molecule has 2 rings (SSSR count). The second kappa shape index (κ2) is 5.72. The number of hydrogen-bond acceptors (Lipinski definition) is 4. The molecule has 5 N–H and O–H groups in total. The van der Waals surface area contributed by atoms with Crippen LogP contribution in [0.5, 0.6) is 5.75 Å². The largest absolute Gasteiger partial charge is 0.507 e. The number of nitrogens with two attached hydrogens (primary N) is 1. The number of benzene rings is 2. The number of nitrogens with one attached hydrogen (secondary N) is 1. The molecule has 0 unspecified atom stereocenters. The van der Waals surface area contributed by atoms with Crippen molar-refractivity contribution < 1.29 is 19.8 Å². The Balaban J connectivity index is 2.25. The van der Waals surface area contributed by atoms with Gasteiger partial charge in [0.05, 0.1) is 10.7 Å². The van der Waals surface area contributed by atoms with Gasteiger partial charge in [-0.15, -0.1) is 0 Å². The lowest BCUT2D eigenvalue weighted by Crippen LogP contribution is -2.12. The zero-order valence-corrected chi connectivity index (χ0v) is 11.4. The van der Waals surface area contributed by atoms with Crippen LogP contribution < -0.4 is 11.1 Å². The molecule has 0 saturated carbocycles. The number of carboxylic acids is 1. The zero-order valence-electron chi connectivity index (χ0n) is 10.6. The third-order valence-corrected chi connectivity index (χ3v) is 3.07. The van der Waals surface area contributed by atoms with Crippen molar-refractivity contribution in [2.45, 2.75) is 0 Å². The van der Waals surface area contributed by atoms with E-state index in [4.69, 9.17) is 22.4 Å². The molecule has 0 heterocycles. The van der Waals surface area contributed by atoms with Crippen LogP contribution in [0.25, 0.3) is 0 Å². The third kappa shape index (κ3) is 3.24. The van der Waals surface area contributed by atoms with Gasteiger partial charge in [0, 0.05) is 11.3 Å². The van der Waals surface area contributed by atoms with E-state index in [1.165, 1.54) is 30.3 Å². The maximum Gasteiger partial charge on any atom is 0.339 e. The molecular formula is C14H11ClN2O4. The molecule has 0 atom stereocenters. The average Bonchev–Trinajstić information content (AvgIpc) is 2.43. The van der Waals surface area contributed by atoms with Crippen molar-refractivity contribution in [2.75, 3.05) is 11.1 Å². The molecule has 21 heavy (non-hydrogen) atoms. The van der Waals surface area contributed by atoms with Crippen LogP contribution >= 0.6 is 11.6 Å². The second-order valence-electron chi connectivity index (χ2n) is 4.23. The molecule has 2 aromatic rings. The van der Waals surface area contributed by atoms with E-state index in [-0.39, 0.29) is 27.6 Å². The molecule has 0 aromatic heterocycles. The number of carbonyl (C=O) groups is 2. The van der Waals surface area contributed by atoms with Crippen LogP contribution in [-0.2, 0) is 0 Å². The van der Waals surface area contributed by atoms with E-state index in [1.807, 2.05) is 0 Å². The molecule has 0 bridgehead atoms. The van der Waals surface area contributed by atoms with Crippen molar-refractivity contribution in [3.63, 3.8) is 0 Å². The highest BCUT2D eigenvalue weighted by Crippen LogP contribution is 2.23. The Morgan fingerprint density at radius 3 is 2.48 bits per heavy atom. The molecule has 108 valence electrons. The Hall–Kier alpha value is -2.73. The summed E-state index contributed by atoms with van der Waals surface area (Å²) >= 11 is 5.83. The number of aromatic carboxylic acids is 1. The van der Waals surface area contributed by atoms with Gasteiger partial charge in [-0.05, 0) is 36.4 Å². The lowest BCUT2D eigenvalue weighted by Gasteiger charge is -2.08. The standard InChI is InChI=1S/C14H11ClN2O4/c15-10-5-7(1-3-11(10)16)13(19)17-8-2-4-12(18)9(6-8)14(20)21/h1-6,18H,16H2,(H,17,19)(H,20,21). The molecule has 0 radical (unpaired) electrons. The Morgan fingerprint density at radius 1 is 1.14 bits per heavy atom. The Labute approximate surface area is 124 Å². The van der Waals surface area contributed by atoms with Gasteiger partial charge >= 0.3 is 5.97 Å².